The molecule has 2 aliphatic heterocycles. The summed E-state index contributed by atoms with van der Waals surface area (Å²) >= 11 is 6.85. The van der Waals surface area contributed by atoms with Crippen LogP contribution in [0.5, 0.6) is 0 Å². The van der Waals surface area contributed by atoms with E-state index in [9.17, 15) is 20.1 Å². The number of amides is 2. The van der Waals surface area contributed by atoms with Crippen molar-refractivity contribution in [3.63, 3.8) is 0 Å². The Kier molecular flexibility index (Phi) is 11.2. The minimum Gasteiger partial charge on any atom is -0.444 e. The van der Waals surface area contributed by atoms with Gasteiger partial charge in [0, 0.05) is 35.1 Å². The summed E-state index contributed by atoms with van der Waals surface area (Å²) in [4.78, 5) is 27.8. The van der Waals surface area contributed by atoms with Crippen LogP contribution in [0.2, 0.25) is 0 Å². The zero-order valence-electron chi connectivity index (χ0n) is 28.2. The maximum atomic E-state index is 12.2. The van der Waals surface area contributed by atoms with Gasteiger partial charge in [-0.25, -0.2) is 9.59 Å². The molecular weight excluding hydrogens is 724 g/mol. The Bertz CT molecular complexity index is 1560. The monoisotopic (exact) mass is 766 g/mol. The van der Waals surface area contributed by atoms with Crippen molar-refractivity contribution >= 4 is 49.6 Å². The van der Waals surface area contributed by atoms with Gasteiger partial charge in [-0.3, -0.25) is 0 Å². The van der Waals surface area contributed by atoms with Crippen LogP contribution in [0.15, 0.2) is 63.0 Å². The standard InChI is InChI=1S/C19H23BrN2O2.C18H21BrN2O2/c1-17(2,3)24-16(23)22-10-8-18(9-11-22)12-19(18,13-21)14-4-6-15(20)7-5-14;1-18(2,3)23-17(22)21-10-8-14(9-11-21)16(12-20)13-4-6-15(19)7-5-13/h4-7H,8-12H2,1-3H3;4-7H,8-11H2,1-3H3. The van der Waals surface area contributed by atoms with Crippen LogP contribution in [-0.4, -0.2) is 59.4 Å². The number of hydrogen-bond acceptors (Lipinski definition) is 6. The van der Waals surface area contributed by atoms with Gasteiger partial charge in [0.1, 0.15) is 11.2 Å². The van der Waals surface area contributed by atoms with Gasteiger partial charge in [-0.2, -0.15) is 10.5 Å². The molecule has 1 unspecified atom stereocenters. The van der Waals surface area contributed by atoms with Crippen LogP contribution in [0.4, 0.5) is 9.59 Å². The molecule has 250 valence electrons. The van der Waals surface area contributed by atoms with Crippen LogP contribution in [0, 0.1) is 28.1 Å². The van der Waals surface area contributed by atoms with E-state index in [0.29, 0.717) is 39.0 Å². The topological polar surface area (TPSA) is 107 Å². The number of benzene rings is 2. The Balaban J connectivity index is 0.000000213. The van der Waals surface area contributed by atoms with E-state index in [-0.39, 0.29) is 17.6 Å². The molecule has 47 heavy (non-hydrogen) atoms. The smallest absolute Gasteiger partial charge is 0.410 e. The van der Waals surface area contributed by atoms with Crippen LogP contribution < -0.4 is 0 Å². The van der Waals surface area contributed by atoms with Crippen molar-refractivity contribution in [3.05, 3.63) is 74.2 Å². The molecule has 3 aliphatic rings. The van der Waals surface area contributed by atoms with E-state index in [0.717, 1.165) is 50.5 Å². The first-order chi connectivity index (χ1) is 22.0. The van der Waals surface area contributed by atoms with Gasteiger partial charge in [-0.1, -0.05) is 56.1 Å². The first-order valence-corrected chi connectivity index (χ1v) is 17.6. The van der Waals surface area contributed by atoms with Crippen molar-refractivity contribution in [2.75, 3.05) is 26.2 Å². The lowest BCUT2D eigenvalue weighted by Gasteiger charge is -2.35. The van der Waals surface area contributed by atoms with E-state index in [4.69, 9.17) is 9.47 Å². The van der Waals surface area contributed by atoms with Gasteiger partial charge in [0.05, 0.1) is 23.1 Å². The molecule has 2 heterocycles. The second-order valence-electron chi connectivity index (χ2n) is 14.5. The van der Waals surface area contributed by atoms with Crippen LogP contribution in [0.1, 0.15) is 84.8 Å². The molecule has 2 amide bonds. The van der Waals surface area contributed by atoms with Gasteiger partial charge >= 0.3 is 12.2 Å². The third kappa shape index (κ3) is 8.97. The zero-order chi connectivity index (χ0) is 34.6. The molecule has 1 atom stereocenters. The van der Waals surface area contributed by atoms with E-state index >= 15 is 0 Å². The lowest BCUT2D eigenvalue weighted by atomic mass is 9.81. The van der Waals surface area contributed by atoms with Gasteiger partial charge in [0.25, 0.3) is 0 Å². The van der Waals surface area contributed by atoms with Gasteiger partial charge < -0.3 is 19.3 Å². The molecule has 0 N–H and O–H groups in total. The Morgan fingerprint density at radius 3 is 1.62 bits per heavy atom. The predicted molar refractivity (Wildman–Crippen MR) is 189 cm³/mol. The average molecular weight is 769 g/mol. The molecule has 3 fully saturated rings. The zero-order valence-corrected chi connectivity index (χ0v) is 31.3. The molecular formula is C37H44Br2N4O4. The Hall–Kier alpha value is -3.34. The highest BCUT2D eigenvalue weighted by atomic mass is 79.9. The fourth-order valence-electron chi connectivity index (χ4n) is 6.38. The van der Waals surface area contributed by atoms with Gasteiger partial charge in [-0.05, 0) is 120 Å². The fourth-order valence-corrected chi connectivity index (χ4v) is 6.90. The minimum atomic E-state index is -0.484. The highest BCUT2D eigenvalue weighted by molar-refractivity contribution is 9.10. The second kappa shape index (κ2) is 14.4. The lowest BCUT2D eigenvalue weighted by Crippen LogP contribution is -2.43. The molecule has 8 nitrogen and oxygen atoms in total. The molecule has 2 saturated heterocycles. The number of carbonyl (C=O) groups is 2. The van der Waals surface area contributed by atoms with Crippen molar-refractivity contribution in [3.8, 4) is 12.1 Å². The van der Waals surface area contributed by atoms with Crippen LogP contribution in [0.3, 0.4) is 0 Å². The highest BCUT2D eigenvalue weighted by Crippen LogP contribution is 2.69. The molecule has 5 rings (SSSR count). The molecule has 0 aromatic heterocycles. The summed E-state index contributed by atoms with van der Waals surface area (Å²) in [6.45, 7) is 13.7. The summed E-state index contributed by atoms with van der Waals surface area (Å²) in [6.07, 6.45) is 3.49. The predicted octanol–water partition coefficient (Wildman–Crippen LogP) is 9.39. The number of piperidine rings is 2. The first-order valence-electron chi connectivity index (χ1n) is 16.0. The number of carbonyl (C=O) groups excluding carboxylic acids is 2. The van der Waals surface area contributed by atoms with Crippen LogP contribution in [-0.2, 0) is 14.9 Å². The molecule has 2 aromatic rings. The Labute approximate surface area is 296 Å². The first kappa shape index (κ1) is 36.5. The average Bonchev–Trinajstić information content (AvgIpc) is 3.64. The van der Waals surface area contributed by atoms with Crippen LogP contribution in [0.25, 0.3) is 5.57 Å². The van der Waals surface area contributed by atoms with E-state index in [2.05, 4.69) is 44.0 Å². The maximum Gasteiger partial charge on any atom is 0.410 e. The third-order valence-electron chi connectivity index (χ3n) is 8.90. The number of nitrogens with zero attached hydrogens (tertiary/aromatic N) is 4. The van der Waals surface area contributed by atoms with Crippen LogP contribution >= 0.6 is 31.9 Å². The van der Waals surface area contributed by atoms with Crippen molar-refractivity contribution in [2.45, 2.75) is 90.3 Å². The number of ether oxygens (including phenoxy) is 2. The van der Waals surface area contributed by atoms with Crippen molar-refractivity contribution in [1.29, 1.82) is 10.5 Å². The van der Waals surface area contributed by atoms with Crippen molar-refractivity contribution < 1.29 is 19.1 Å². The number of nitriles is 2. The molecule has 1 saturated carbocycles. The van der Waals surface area contributed by atoms with Gasteiger partial charge in [-0.15, -0.1) is 0 Å². The molecule has 0 radical (unpaired) electrons. The molecule has 2 aromatic carbocycles. The van der Waals surface area contributed by atoms with Crippen molar-refractivity contribution in [1.82, 2.24) is 9.80 Å². The third-order valence-corrected chi connectivity index (χ3v) is 9.96. The van der Waals surface area contributed by atoms with E-state index in [1.807, 2.05) is 90.1 Å². The Morgan fingerprint density at radius 2 is 1.19 bits per heavy atom. The van der Waals surface area contributed by atoms with E-state index < -0.39 is 16.6 Å². The van der Waals surface area contributed by atoms with Gasteiger partial charge in [0.15, 0.2) is 0 Å². The normalized spacial score (nSPS) is 20.3. The SMILES string of the molecule is CC(C)(C)OC(=O)N1CCC(=C(C#N)c2ccc(Br)cc2)CC1.CC(C)(C)OC(=O)N1CCC2(CC1)CC2(C#N)c1ccc(Br)cc1. The highest BCUT2D eigenvalue weighted by Gasteiger charge is 2.69. The number of likely N-dealkylation sites (tertiary alicyclic amines) is 2. The largest absolute Gasteiger partial charge is 0.444 e. The number of allylic oxidation sites excluding steroid dienone is 1. The summed E-state index contributed by atoms with van der Waals surface area (Å²) in [5.41, 5.74) is 2.51. The molecule has 10 heteroatoms. The van der Waals surface area contributed by atoms with Crippen molar-refractivity contribution in [2.24, 2.45) is 5.41 Å². The summed E-state index contributed by atoms with van der Waals surface area (Å²) in [5, 5.41) is 19.4. The molecule has 0 bridgehead atoms. The summed E-state index contributed by atoms with van der Waals surface area (Å²) < 4.78 is 12.9. The number of halogens is 2. The number of hydrogen-bond donors (Lipinski definition) is 0. The number of rotatable bonds is 2. The van der Waals surface area contributed by atoms with E-state index in [1.165, 1.54) is 0 Å². The quantitative estimate of drug-likeness (QED) is 0.282. The van der Waals surface area contributed by atoms with E-state index in [1.54, 1.807) is 9.80 Å². The minimum absolute atomic E-state index is 0.00803. The second-order valence-corrected chi connectivity index (χ2v) is 16.3. The maximum absolute atomic E-state index is 12.2. The Morgan fingerprint density at radius 1 is 0.745 bits per heavy atom. The molecule has 1 spiro atoms. The molecule has 1 aliphatic carbocycles. The van der Waals surface area contributed by atoms with Gasteiger partial charge in [0.2, 0.25) is 0 Å². The summed E-state index contributed by atoms with van der Waals surface area (Å²) in [7, 11) is 0. The fraction of sp³-hybridized carbons (Fsp3) is 0.514. The summed E-state index contributed by atoms with van der Waals surface area (Å²) in [6, 6.07) is 20.7. The summed E-state index contributed by atoms with van der Waals surface area (Å²) in [5.74, 6) is 0. The lowest BCUT2D eigenvalue weighted by molar-refractivity contribution is 0.0164.